The van der Waals surface area contributed by atoms with Crippen molar-refractivity contribution in [1.29, 1.82) is 0 Å². The molecule has 0 aliphatic carbocycles. The van der Waals surface area contributed by atoms with Crippen LogP contribution in [0.2, 0.25) is 5.02 Å². The van der Waals surface area contributed by atoms with Gasteiger partial charge in [0.25, 0.3) is 0 Å². The first-order chi connectivity index (χ1) is 7.74. The number of hydrogen-bond acceptors (Lipinski definition) is 4. The highest BCUT2D eigenvalue weighted by Crippen LogP contribution is 2.13. The van der Waals surface area contributed by atoms with E-state index < -0.39 is 0 Å². The van der Waals surface area contributed by atoms with Gasteiger partial charge in [-0.2, -0.15) is 0 Å². The zero-order valence-electron chi connectivity index (χ0n) is 8.85. The maximum atomic E-state index is 5.71. The normalized spacial score (nSPS) is 12.4. The first kappa shape index (κ1) is 11.4. The predicted octanol–water partition coefficient (Wildman–Crippen LogP) is 3.23. The Morgan fingerprint density at radius 1 is 1.44 bits per heavy atom. The number of rotatable bonds is 4. The van der Waals surface area contributed by atoms with Crippen LogP contribution in [0.25, 0.3) is 0 Å². The molecule has 0 radical (unpaired) electrons. The topological polar surface area (TPSA) is 37.8 Å². The van der Waals surface area contributed by atoms with Gasteiger partial charge in [0.1, 0.15) is 0 Å². The van der Waals surface area contributed by atoms with Crippen molar-refractivity contribution in [2.75, 3.05) is 5.32 Å². The number of nitrogens with zero attached hydrogens (tertiary/aromatic N) is 2. The highest BCUT2D eigenvalue weighted by atomic mass is 35.5. The van der Waals surface area contributed by atoms with E-state index in [2.05, 4.69) is 39.7 Å². The van der Waals surface area contributed by atoms with Gasteiger partial charge in [0.05, 0.1) is 17.4 Å². The molecule has 1 unspecified atom stereocenters. The Labute approximate surface area is 104 Å². The second-order valence-corrected chi connectivity index (χ2v) is 5.02. The maximum Gasteiger partial charge on any atom is 0.222 e. The van der Waals surface area contributed by atoms with Gasteiger partial charge in [0.15, 0.2) is 0 Å². The third-order valence-electron chi connectivity index (χ3n) is 2.08. The monoisotopic (exact) mass is 253 g/mol. The Hall–Kier alpha value is -1.13. The van der Waals surface area contributed by atoms with E-state index >= 15 is 0 Å². The van der Waals surface area contributed by atoms with Gasteiger partial charge in [-0.25, -0.2) is 9.97 Å². The molecule has 0 saturated heterocycles. The van der Waals surface area contributed by atoms with Gasteiger partial charge in [-0.15, -0.1) is 11.3 Å². The summed E-state index contributed by atoms with van der Waals surface area (Å²) >= 11 is 7.47. The molecular formula is C11H12ClN3S. The highest BCUT2D eigenvalue weighted by Gasteiger charge is 2.05. The van der Waals surface area contributed by atoms with Gasteiger partial charge in [-0.3, -0.25) is 0 Å². The number of aromatic nitrogens is 2. The third kappa shape index (κ3) is 3.18. The molecule has 2 aromatic rings. The molecule has 2 aromatic heterocycles. The Kier molecular flexibility index (Phi) is 3.74. The van der Waals surface area contributed by atoms with Gasteiger partial charge in [-0.1, -0.05) is 17.7 Å². The van der Waals surface area contributed by atoms with Crippen molar-refractivity contribution in [2.45, 2.75) is 19.4 Å². The number of nitrogens with one attached hydrogen (secondary N) is 1. The first-order valence-corrected chi connectivity index (χ1v) is 6.26. The predicted molar refractivity (Wildman–Crippen MR) is 68.1 cm³/mol. The standard InChI is InChI=1S/C11H12ClN3S/c1-8(5-10-3-2-4-16-10)15-11-13-6-9(12)7-14-11/h2-4,6-8H,5H2,1H3,(H,13,14,15). The van der Waals surface area contributed by atoms with E-state index in [9.17, 15) is 0 Å². The number of anilines is 1. The second-order valence-electron chi connectivity index (χ2n) is 3.55. The fourth-order valence-corrected chi connectivity index (χ4v) is 2.32. The van der Waals surface area contributed by atoms with Crippen molar-refractivity contribution in [3.63, 3.8) is 0 Å². The summed E-state index contributed by atoms with van der Waals surface area (Å²) in [5, 5.41) is 5.87. The lowest BCUT2D eigenvalue weighted by Gasteiger charge is -2.12. The molecule has 0 aliphatic heterocycles. The smallest absolute Gasteiger partial charge is 0.222 e. The molecule has 2 heterocycles. The van der Waals surface area contributed by atoms with Crippen LogP contribution in [0.5, 0.6) is 0 Å². The summed E-state index contributed by atoms with van der Waals surface area (Å²) in [6.45, 7) is 2.11. The van der Waals surface area contributed by atoms with E-state index in [-0.39, 0.29) is 0 Å². The summed E-state index contributed by atoms with van der Waals surface area (Å²) in [6.07, 6.45) is 4.16. The zero-order valence-corrected chi connectivity index (χ0v) is 10.4. The quantitative estimate of drug-likeness (QED) is 0.909. The number of hydrogen-bond donors (Lipinski definition) is 1. The fourth-order valence-electron chi connectivity index (χ4n) is 1.39. The van der Waals surface area contributed by atoms with Crippen molar-refractivity contribution in [3.05, 3.63) is 39.8 Å². The van der Waals surface area contributed by atoms with Crippen molar-refractivity contribution in [2.24, 2.45) is 0 Å². The maximum absolute atomic E-state index is 5.71. The van der Waals surface area contributed by atoms with Crippen molar-refractivity contribution < 1.29 is 0 Å². The van der Waals surface area contributed by atoms with Gasteiger partial charge < -0.3 is 5.32 Å². The van der Waals surface area contributed by atoms with Crippen LogP contribution in [0.1, 0.15) is 11.8 Å². The van der Waals surface area contributed by atoms with Gasteiger partial charge in [0.2, 0.25) is 5.95 Å². The van der Waals surface area contributed by atoms with Gasteiger partial charge in [0, 0.05) is 17.3 Å². The summed E-state index contributed by atoms with van der Waals surface area (Å²) in [5.41, 5.74) is 0. The van der Waals surface area contributed by atoms with Crippen LogP contribution in [0, 0.1) is 0 Å². The molecule has 2 rings (SSSR count). The van der Waals surface area contributed by atoms with Crippen LogP contribution in [-0.4, -0.2) is 16.0 Å². The molecule has 1 N–H and O–H groups in total. The molecule has 0 spiro atoms. The third-order valence-corrected chi connectivity index (χ3v) is 3.18. The average Bonchev–Trinajstić information content (AvgIpc) is 2.74. The average molecular weight is 254 g/mol. The molecule has 3 nitrogen and oxygen atoms in total. The van der Waals surface area contributed by atoms with E-state index in [0.29, 0.717) is 17.0 Å². The SMILES string of the molecule is CC(Cc1cccs1)Nc1ncc(Cl)cn1. The summed E-state index contributed by atoms with van der Waals surface area (Å²) in [5.74, 6) is 0.619. The summed E-state index contributed by atoms with van der Waals surface area (Å²) in [7, 11) is 0. The minimum Gasteiger partial charge on any atom is -0.351 e. The van der Waals surface area contributed by atoms with Crippen LogP contribution >= 0.6 is 22.9 Å². The van der Waals surface area contributed by atoms with Crippen LogP contribution in [0.15, 0.2) is 29.9 Å². The Balaban J connectivity index is 1.92. The minimum absolute atomic E-state index is 0.305. The zero-order chi connectivity index (χ0) is 11.4. The molecule has 16 heavy (non-hydrogen) atoms. The molecule has 0 amide bonds. The second kappa shape index (κ2) is 5.27. The van der Waals surface area contributed by atoms with Crippen LogP contribution in [-0.2, 0) is 6.42 Å². The van der Waals surface area contributed by atoms with E-state index in [4.69, 9.17) is 11.6 Å². The van der Waals surface area contributed by atoms with Gasteiger partial charge >= 0.3 is 0 Å². The Bertz CT molecular complexity index is 427. The fraction of sp³-hybridized carbons (Fsp3) is 0.273. The molecular weight excluding hydrogens is 242 g/mol. The molecule has 5 heteroatoms. The summed E-state index contributed by atoms with van der Waals surface area (Å²) in [4.78, 5) is 9.55. The van der Waals surface area contributed by atoms with Crippen LogP contribution in [0.4, 0.5) is 5.95 Å². The van der Waals surface area contributed by atoms with Crippen LogP contribution in [0.3, 0.4) is 0 Å². The van der Waals surface area contributed by atoms with Crippen molar-refractivity contribution in [3.8, 4) is 0 Å². The largest absolute Gasteiger partial charge is 0.351 e. The van der Waals surface area contributed by atoms with Crippen molar-refractivity contribution in [1.82, 2.24) is 9.97 Å². The summed E-state index contributed by atoms with van der Waals surface area (Å²) < 4.78 is 0. The molecule has 1 atom stereocenters. The lowest BCUT2D eigenvalue weighted by Crippen LogP contribution is -2.19. The summed E-state index contributed by atoms with van der Waals surface area (Å²) in [6, 6.07) is 4.50. The molecule has 0 bridgehead atoms. The highest BCUT2D eigenvalue weighted by molar-refractivity contribution is 7.09. The molecule has 0 aromatic carbocycles. The lowest BCUT2D eigenvalue weighted by atomic mass is 10.2. The molecule has 0 saturated carbocycles. The first-order valence-electron chi connectivity index (χ1n) is 5.00. The Morgan fingerprint density at radius 3 is 2.81 bits per heavy atom. The molecule has 0 aliphatic rings. The van der Waals surface area contributed by atoms with E-state index in [0.717, 1.165) is 6.42 Å². The minimum atomic E-state index is 0.305. The van der Waals surface area contributed by atoms with Crippen molar-refractivity contribution >= 4 is 28.9 Å². The van der Waals surface area contributed by atoms with Gasteiger partial charge in [-0.05, 0) is 18.4 Å². The van der Waals surface area contributed by atoms with Crippen LogP contribution < -0.4 is 5.32 Å². The number of thiophene rings is 1. The van der Waals surface area contributed by atoms with E-state index in [1.807, 2.05) is 0 Å². The molecule has 0 fully saturated rings. The lowest BCUT2D eigenvalue weighted by molar-refractivity contribution is 0.786. The Morgan fingerprint density at radius 2 is 2.19 bits per heavy atom. The van der Waals surface area contributed by atoms with E-state index in [1.165, 1.54) is 4.88 Å². The van der Waals surface area contributed by atoms with E-state index in [1.54, 1.807) is 23.7 Å². The number of halogens is 1. The molecule has 84 valence electrons.